The third-order valence-corrected chi connectivity index (χ3v) is 6.54. The van der Waals surface area contributed by atoms with Crippen molar-refractivity contribution in [1.82, 2.24) is 4.72 Å². The Balaban J connectivity index is 1.80. The maximum absolute atomic E-state index is 12.6. The van der Waals surface area contributed by atoms with Crippen LogP contribution in [0.2, 0.25) is 10.0 Å². The number of rotatable bonds is 7. The molecule has 0 aliphatic heterocycles. The second-order valence-corrected chi connectivity index (χ2v) is 9.18. The molecule has 0 saturated heterocycles. The van der Waals surface area contributed by atoms with Gasteiger partial charge in [-0.15, -0.1) is 0 Å². The van der Waals surface area contributed by atoms with Gasteiger partial charge in [0.2, 0.25) is 10.0 Å². The fraction of sp³-hybridized carbons (Fsp3) is 0.136. The molecular weight excluding hydrogens is 445 g/mol. The molecule has 0 saturated carbocycles. The molecule has 3 aromatic carbocycles. The molecule has 0 radical (unpaired) electrons. The molecular formula is C22H19Cl2NO4S. The van der Waals surface area contributed by atoms with Crippen molar-refractivity contribution in [2.75, 3.05) is 6.54 Å². The first-order valence-corrected chi connectivity index (χ1v) is 11.3. The predicted molar refractivity (Wildman–Crippen MR) is 117 cm³/mol. The van der Waals surface area contributed by atoms with Crippen LogP contribution in [-0.2, 0) is 14.8 Å². The summed E-state index contributed by atoms with van der Waals surface area (Å²) in [6.07, 6.45) is -0.839. The molecule has 5 nitrogen and oxygen atoms in total. The van der Waals surface area contributed by atoms with E-state index >= 15 is 0 Å². The summed E-state index contributed by atoms with van der Waals surface area (Å²) in [5, 5.41) is 0.543. The number of aryl methyl sites for hydroxylation is 1. The van der Waals surface area contributed by atoms with Crippen LogP contribution in [-0.4, -0.2) is 20.9 Å². The van der Waals surface area contributed by atoms with Crippen molar-refractivity contribution in [2.45, 2.75) is 17.9 Å². The Morgan fingerprint density at radius 1 is 0.967 bits per heavy atom. The molecule has 3 rings (SSSR count). The number of carbonyl (C=O) groups is 1. The Hall–Kier alpha value is -2.38. The van der Waals surface area contributed by atoms with Gasteiger partial charge in [-0.25, -0.2) is 17.9 Å². The molecule has 30 heavy (non-hydrogen) atoms. The van der Waals surface area contributed by atoms with Crippen LogP contribution in [0.15, 0.2) is 77.7 Å². The second-order valence-electron chi connectivity index (χ2n) is 6.60. The Morgan fingerprint density at radius 2 is 1.63 bits per heavy atom. The maximum Gasteiger partial charge on any atom is 0.338 e. The van der Waals surface area contributed by atoms with Crippen molar-refractivity contribution in [3.63, 3.8) is 0 Å². The fourth-order valence-electron chi connectivity index (χ4n) is 2.70. The first-order valence-electron chi connectivity index (χ1n) is 9.03. The minimum absolute atomic E-state index is 0.132. The van der Waals surface area contributed by atoms with Gasteiger partial charge in [0.05, 0.1) is 27.0 Å². The highest BCUT2D eigenvalue weighted by atomic mass is 35.5. The Morgan fingerprint density at radius 3 is 2.27 bits per heavy atom. The van der Waals surface area contributed by atoms with Crippen molar-refractivity contribution < 1.29 is 17.9 Å². The third kappa shape index (κ3) is 5.61. The number of esters is 1. The first kappa shape index (κ1) is 22.3. The van der Waals surface area contributed by atoms with Gasteiger partial charge in [0.15, 0.2) is 0 Å². The van der Waals surface area contributed by atoms with Gasteiger partial charge in [-0.1, -0.05) is 71.2 Å². The van der Waals surface area contributed by atoms with E-state index < -0.39 is 22.1 Å². The van der Waals surface area contributed by atoms with Crippen molar-refractivity contribution >= 4 is 39.2 Å². The summed E-state index contributed by atoms with van der Waals surface area (Å²) in [5.74, 6) is -0.642. The molecule has 8 heteroatoms. The molecule has 156 valence electrons. The largest absolute Gasteiger partial charge is 0.452 e. The summed E-state index contributed by atoms with van der Waals surface area (Å²) in [7, 11) is -3.77. The zero-order valence-corrected chi connectivity index (χ0v) is 18.3. The lowest BCUT2D eigenvalue weighted by Gasteiger charge is -2.19. The molecule has 0 fully saturated rings. The van der Waals surface area contributed by atoms with Crippen LogP contribution < -0.4 is 4.72 Å². The van der Waals surface area contributed by atoms with Crippen LogP contribution in [0.25, 0.3) is 0 Å². The number of carbonyl (C=O) groups excluding carboxylic acids is 1. The van der Waals surface area contributed by atoms with E-state index in [2.05, 4.69) is 4.72 Å². The van der Waals surface area contributed by atoms with Gasteiger partial charge in [-0.05, 0) is 42.8 Å². The van der Waals surface area contributed by atoms with Crippen molar-refractivity contribution in [2.24, 2.45) is 0 Å². The Kier molecular flexibility index (Phi) is 7.15. The van der Waals surface area contributed by atoms with E-state index in [0.717, 1.165) is 5.56 Å². The molecule has 0 spiro atoms. The second kappa shape index (κ2) is 9.62. The van der Waals surface area contributed by atoms with E-state index in [1.807, 2.05) is 13.0 Å². The average Bonchev–Trinajstić information content (AvgIpc) is 2.74. The minimum Gasteiger partial charge on any atom is -0.452 e. The maximum atomic E-state index is 12.6. The van der Waals surface area contributed by atoms with Gasteiger partial charge < -0.3 is 4.74 Å². The van der Waals surface area contributed by atoms with E-state index in [9.17, 15) is 13.2 Å². The fourth-order valence-corrected chi connectivity index (χ4v) is 4.03. The molecule has 3 aromatic rings. The van der Waals surface area contributed by atoms with Gasteiger partial charge >= 0.3 is 5.97 Å². The number of nitrogens with one attached hydrogen (secondary N) is 1. The number of ether oxygens (including phenoxy) is 1. The molecule has 1 atom stereocenters. The zero-order chi connectivity index (χ0) is 21.7. The summed E-state index contributed by atoms with van der Waals surface area (Å²) in [4.78, 5) is 12.8. The van der Waals surface area contributed by atoms with Gasteiger partial charge in [0.1, 0.15) is 6.10 Å². The smallest absolute Gasteiger partial charge is 0.338 e. The predicted octanol–water partition coefficient (Wildman–Crippen LogP) is 5.18. The Bertz CT molecular complexity index is 1130. The zero-order valence-electron chi connectivity index (χ0n) is 16.0. The Labute approximate surface area is 185 Å². The van der Waals surface area contributed by atoms with Crippen LogP contribution in [0.5, 0.6) is 0 Å². The van der Waals surface area contributed by atoms with Crippen LogP contribution in [0.3, 0.4) is 0 Å². The van der Waals surface area contributed by atoms with Gasteiger partial charge in [-0.2, -0.15) is 0 Å². The lowest BCUT2D eigenvalue weighted by molar-refractivity contribution is 0.0308. The summed E-state index contributed by atoms with van der Waals surface area (Å²) in [6, 6.07) is 19.8. The van der Waals surface area contributed by atoms with Crippen molar-refractivity contribution in [1.29, 1.82) is 0 Å². The van der Waals surface area contributed by atoms with Gasteiger partial charge in [-0.3, -0.25) is 0 Å². The topological polar surface area (TPSA) is 72.5 Å². The van der Waals surface area contributed by atoms with E-state index in [1.165, 1.54) is 30.3 Å². The van der Waals surface area contributed by atoms with Gasteiger partial charge in [0, 0.05) is 0 Å². The quantitative estimate of drug-likeness (QED) is 0.490. The highest BCUT2D eigenvalue weighted by molar-refractivity contribution is 7.89. The van der Waals surface area contributed by atoms with E-state index in [0.29, 0.717) is 10.6 Å². The normalized spacial score (nSPS) is 12.4. The summed E-state index contributed by atoms with van der Waals surface area (Å²) in [5.41, 5.74) is 1.82. The summed E-state index contributed by atoms with van der Waals surface area (Å²) in [6.45, 7) is 1.74. The number of halogens is 2. The van der Waals surface area contributed by atoms with E-state index in [4.69, 9.17) is 27.9 Å². The van der Waals surface area contributed by atoms with Crippen molar-refractivity contribution in [3.8, 4) is 0 Å². The highest BCUT2D eigenvalue weighted by Crippen LogP contribution is 2.25. The van der Waals surface area contributed by atoms with Crippen LogP contribution >= 0.6 is 23.2 Å². The molecule has 0 amide bonds. The molecule has 0 bridgehead atoms. The monoisotopic (exact) mass is 463 g/mol. The minimum atomic E-state index is -3.77. The van der Waals surface area contributed by atoms with Crippen LogP contribution in [0, 0.1) is 6.92 Å². The lowest BCUT2D eigenvalue weighted by Crippen LogP contribution is -2.30. The van der Waals surface area contributed by atoms with E-state index in [1.54, 1.807) is 36.4 Å². The van der Waals surface area contributed by atoms with Gasteiger partial charge in [0.25, 0.3) is 0 Å². The molecule has 1 N–H and O–H groups in total. The van der Waals surface area contributed by atoms with E-state index in [-0.39, 0.29) is 22.0 Å². The van der Waals surface area contributed by atoms with Crippen LogP contribution in [0.1, 0.15) is 27.6 Å². The lowest BCUT2D eigenvalue weighted by atomic mass is 10.1. The summed E-state index contributed by atoms with van der Waals surface area (Å²) < 4.78 is 33.4. The van der Waals surface area contributed by atoms with Crippen LogP contribution in [0.4, 0.5) is 0 Å². The molecule has 0 aliphatic carbocycles. The summed E-state index contributed by atoms with van der Waals surface area (Å²) >= 11 is 11.9. The number of sulfonamides is 1. The molecule has 0 aliphatic rings. The number of benzene rings is 3. The third-order valence-electron chi connectivity index (χ3n) is 4.37. The first-order chi connectivity index (χ1) is 14.3. The molecule has 0 aromatic heterocycles. The standard InChI is InChI=1S/C22H19Cl2NO4S/c1-15-7-10-18(11-8-15)30(27,28)25-14-21(16-5-3-2-4-6-16)29-22(26)17-9-12-19(23)20(24)13-17/h2-13,21,25H,14H2,1H3/t21-/m0/s1. The molecule has 0 heterocycles. The average molecular weight is 464 g/mol. The molecule has 0 unspecified atom stereocenters. The number of hydrogen-bond acceptors (Lipinski definition) is 4. The SMILES string of the molecule is Cc1ccc(S(=O)(=O)NC[C@H](OC(=O)c2ccc(Cl)c(Cl)c2)c2ccccc2)cc1. The number of hydrogen-bond donors (Lipinski definition) is 1. The van der Waals surface area contributed by atoms with Crippen molar-refractivity contribution in [3.05, 3.63) is 99.5 Å². The highest BCUT2D eigenvalue weighted by Gasteiger charge is 2.22.